The molecule has 2 aromatic rings. The van der Waals surface area contributed by atoms with E-state index in [1.165, 1.54) is 0 Å². The van der Waals surface area contributed by atoms with Crippen molar-refractivity contribution in [1.82, 2.24) is 14.5 Å². The second-order valence-corrected chi connectivity index (χ2v) is 6.59. The third-order valence-corrected chi connectivity index (χ3v) is 4.97. The molecule has 3 rings (SSSR count). The lowest BCUT2D eigenvalue weighted by molar-refractivity contribution is 0.0754. The summed E-state index contributed by atoms with van der Waals surface area (Å²) in [4.78, 5) is 31.9. The van der Waals surface area contributed by atoms with E-state index >= 15 is 0 Å². The molecule has 6 heteroatoms. The zero-order valence-electron chi connectivity index (χ0n) is 15.7. The van der Waals surface area contributed by atoms with Crippen LogP contribution in [-0.2, 0) is 13.0 Å². The molecule has 2 heterocycles. The number of aryl methyl sites for hydroxylation is 1. The van der Waals surface area contributed by atoms with Crippen molar-refractivity contribution in [3.63, 3.8) is 0 Å². The second-order valence-electron chi connectivity index (χ2n) is 6.59. The molecular formula is C20H26N4O2. The van der Waals surface area contributed by atoms with Gasteiger partial charge in [0, 0.05) is 25.3 Å². The molecule has 2 amide bonds. The van der Waals surface area contributed by atoms with Crippen LogP contribution in [0.4, 0.5) is 5.69 Å². The van der Waals surface area contributed by atoms with Crippen LogP contribution in [0.3, 0.4) is 0 Å². The van der Waals surface area contributed by atoms with Gasteiger partial charge in [0.2, 0.25) is 0 Å². The van der Waals surface area contributed by atoms with Crippen LogP contribution in [0.5, 0.6) is 0 Å². The predicted molar refractivity (Wildman–Crippen MR) is 102 cm³/mol. The molecule has 1 aromatic heterocycles. The minimum atomic E-state index is -0.247. The number of anilines is 1. The van der Waals surface area contributed by atoms with Crippen LogP contribution in [-0.4, -0.2) is 39.4 Å². The van der Waals surface area contributed by atoms with Crippen molar-refractivity contribution in [2.24, 2.45) is 0 Å². The number of amides is 2. The van der Waals surface area contributed by atoms with Crippen LogP contribution in [0.1, 0.15) is 59.1 Å². The van der Waals surface area contributed by atoms with Gasteiger partial charge in [-0.15, -0.1) is 0 Å². The summed E-state index contributed by atoms with van der Waals surface area (Å²) < 4.78 is 1.94. The number of nitrogens with one attached hydrogen (secondary N) is 1. The number of carbonyl (C=O) groups excluding carboxylic acids is 2. The Bertz CT molecular complexity index is 821. The second kappa shape index (κ2) is 7.72. The zero-order valence-corrected chi connectivity index (χ0v) is 15.7. The van der Waals surface area contributed by atoms with E-state index in [1.807, 2.05) is 49.6 Å². The van der Waals surface area contributed by atoms with E-state index < -0.39 is 0 Å². The van der Waals surface area contributed by atoms with Crippen molar-refractivity contribution in [3.8, 4) is 0 Å². The smallest absolute Gasteiger partial charge is 0.289 e. The summed E-state index contributed by atoms with van der Waals surface area (Å²) in [5, 5.41) is 2.95. The van der Waals surface area contributed by atoms with Crippen molar-refractivity contribution < 1.29 is 9.59 Å². The van der Waals surface area contributed by atoms with Crippen LogP contribution in [0, 0.1) is 6.92 Å². The Morgan fingerprint density at radius 2 is 1.92 bits per heavy atom. The molecule has 1 N–H and O–H groups in total. The van der Waals surface area contributed by atoms with Gasteiger partial charge in [0.25, 0.3) is 11.8 Å². The van der Waals surface area contributed by atoms with Crippen LogP contribution >= 0.6 is 0 Å². The van der Waals surface area contributed by atoms with E-state index in [2.05, 4.69) is 10.3 Å². The Morgan fingerprint density at radius 3 is 2.62 bits per heavy atom. The van der Waals surface area contributed by atoms with Gasteiger partial charge in [-0.25, -0.2) is 4.98 Å². The highest BCUT2D eigenvalue weighted by molar-refractivity contribution is 6.05. The fourth-order valence-electron chi connectivity index (χ4n) is 3.44. The van der Waals surface area contributed by atoms with Gasteiger partial charge in [0.1, 0.15) is 0 Å². The Balaban J connectivity index is 1.96. The summed E-state index contributed by atoms with van der Waals surface area (Å²) in [5.41, 5.74) is 3.02. The molecule has 138 valence electrons. The minimum Gasteiger partial charge on any atom is -0.337 e. The van der Waals surface area contributed by atoms with Gasteiger partial charge in [0.15, 0.2) is 11.5 Å². The summed E-state index contributed by atoms with van der Waals surface area (Å²) >= 11 is 0. The Morgan fingerprint density at radius 1 is 1.19 bits per heavy atom. The molecule has 0 fully saturated rings. The van der Waals surface area contributed by atoms with Gasteiger partial charge in [-0.2, -0.15) is 0 Å². The van der Waals surface area contributed by atoms with Gasteiger partial charge in [-0.05, 0) is 51.7 Å². The highest BCUT2D eigenvalue weighted by Gasteiger charge is 2.29. The molecule has 0 spiro atoms. The standard InChI is InChI=1S/C20H26N4O2/c1-4-23(5-2)20(26)18-22-17(16-12-8-9-13-24(16)18)19(25)21-15-11-7-6-10-14(15)3/h6-7,10-11H,4-5,8-9,12-13H2,1-3H3,(H,21,25). The van der Waals surface area contributed by atoms with Crippen molar-refractivity contribution in [1.29, 1.82) is 0 Å². The summed E-state index contributed by atoms with van der Waals surface area (Å²) in [7, 11) is 0. The number of hydrogen-bond acceptors (Lipinski definition) is 3. The molecule has 1 aromatic carbocycles. The highest BCUT2D eigenvalue weighted by Crippen LogP contribution is 2.23. The van der Waals surface area contributed by atoms with Gasteiger partial charge in [-0.3, -0.25) is 9.59 Å². The molecule has 26 heavy (non-hydrogen) atoms. The lowest BCUT2D eigenvalue weighted by Crippen LogP contribution is -2.33. The largest absolute Gasteiger partial charge is 0.337 e. The number of nitrogens with zero attached hydrogens (tertiary/aromatic N) is 3. The maximum Gasteiger partial charge on any atom is 0.289 e. The molecule has 0 saturated heterocycles. The van der Waals surface area contributed by atoms with Gasteiger partial charge in [0.05, 0.1) is 5.69 Å². The van der Waals surface area contributed by atoms with Crippen molar-refractivity contribution in [2.75, 3.05) is 18.4 Å². The number of fused-ring (bicyclic) bond motifs is 1. The van der Waals surface area contributed by atoms with Crippen LogP contribution < -0.4 is 5.32 Å². The van der Waals surface area contributed by atoms with E-state index in [0.29, 0.717) is 24.6 Å². The molecule has 1 aliphatic rings. The first-order valence-corrected chi connectivity index (χ1v) is 9.32. The lowest BCUT2D eigenvalue weighted by atomic mass is 10.1. The van der Waals surface area contributed by atoms with E-state index in [1.54, 1.807) is 4.90 Å². The third kappa shape index (κ3) is 3.36. The first kappa shape index (κ1) is 18.2. The lowest BCUT2D eigenvalue weighted by Gasteiger charge is -2.21. The Hall–Kier alpha value is -2.63. The first-order valence-electron chi connectivity index (χ1n) is 9.32. The van der Waals surface area contributed by atoms with Crippen molar-refractivity contribution >= 4 is 17.5 Å². The Kier molecular flexibility index (Phi) is 5.40. The SMILES string of the molecule is CCN(CC)C(=O)c1nc(C(=O)Nc2ccccc2C)c2n1CCCC2. The average Bonchev–Trinajstić information content (AvgIpc) is 3.04. The number of hydrogen-bond donors (Lipinski definition) is 1. The molecule has 0 unspecified atom stereocenters. The molecule has 0 atom stereocenters. The summed E-state index contributed by atoms with van der Waals surface area (Å²) in [6, 6.07) is 7.65. The number of carbonyl (C=O) groups is 2. The molecule has 0 aliphatic carbocycles. The van der Waals surface area contributed by atoms with Crippen LogP contribution in [0.15, 0.2) is 24.3 Å². The maximum atomic E-state index is 12.9. The zero-order chi connectivity index (χ0) is 18.7. The van der Waals surface area contributed by atoms with Crippen LogP contribution in [0.25, 0.3) is 0 Å². The fraction of sp³-hybridized carbons (Fsp3) is 0.450. The molecule has 0 saturated carbocycles. The molecular weight excluding hydrogens is 328 g/mol. The van der Waals surface area contributed by atoms with Crippen molar-refractivity contribution in [3.05, 3.63) is 47.0 Å². The summed E-state index contributed by atoms with van der Waals surface area (Å²) in [5.74, 6) is 0.0370. The average molecular weight is 354 g/mol. The van der Waals surface area contributed by atoms with E-state index in [4.69, 9.17) is 0 Å². The van der Waals surface area contributed by atoms with Gasteiger partial charge in [-0.1, -0.05) is 18.2 Å². The summed E-state index contributed by atoms with van der Waals surface area (Å²) in [6.07, 6.45) is 2.78. The summed E-state index contributed by atoms with van der Waals surface area (Å²) in [6.45, 7) is 7.85. The minimum absolute atomic E-state index is 0.104. The fourth-order valence-corrected chi connectivity index (χ4v) is 3.44. The van der Waals surface area contributed by atoms with E-state index in [-0.39, 0.29) is 11.8 Å². The topological polar surface area (TPSA) is 67.2 Å². The molecule has 6 nitrogen and oxygen atoms in total. The quantitative estimate of drug-likeness (QED) is 0.896. The number of rotatable bonds is 5. The van der Waals surface area contributed by atoms with E-state index in [0.717, 1.165) is 42.8 Å². The van der Waals surface area contributed by atoms with Crippen LogP contribution in [0.2, 0.25) is 0 Å². The van der Waals surface area contributed by atoms with Gasteiger partial charge < -0.3 is 14.8 Å². The number of imidazole rings is 1. The Labute approximate surface area is 154 Å². The van der Waals surface area contributed by atoms with Crippen molar-refractivity contribution in [2.45, 2.75) is 46.6 Å². The third-order valence-electron chi connectivity index (χ3n) is 4.97. The number of para-hydroxylation sites is 1. The highest BCUT2D eigenvalue weighted by atomic mass is 16.2. The number of aromatic nitrogens is 2. The predicted octanol–water partition coefficient (Wildman–Crippen LogP) is 3.26. The van der Waals surface area contributed by atoms with E-state index in [9.17, 15) is 9.59 Å². The molecule has 0 radical (unpaired) electrons. The number of benzene rings is 1. The van der Waals surface area contributed by atoms with Gasteiger partial charge >= 0.3 is 0 Å². The monoisotopic (exact) mass is 354 g/mol. The normalized spacial score (nSPS) is 13.2. The first-order chi connectivity index (χ1) is 12.6. The molecule has 0 bridgehead atoms. The maximum absolute atomic E-state index is 12.9. The molecule has 1 aliphatic heterocycles.